The molecule has 28 heavy (non-hydrogen) atoms. The summed E-state index contributed by atoms with van der Waals surface area (Å²) in [6.45, 7) is 0.771. The molecule has 0 bridgehead atoms. The Balaban J connectivity index is 1.71. The normalized spacial score (nSPS) is 25.1. The summed E-state index contributed by atoms with van der Waals surface area (Å²) in [4.78, 5) is 26.5. The molecule has 1 aromatic rings. The molecule has 0 spiro atoms. The van der Waals surface area contributed by atoms with E-state index in [1.807, 2.05) is 0 Å². The predicted octanol–water partition coefficient (Wildman–Crippen LogP) is 3.92. The topological polar surface area (TPSA) is 49.9 Å². The van der Waals surface area contributed by atoms with Gasteiger partial charge in [0, 0.05) is 25.4 Å². The smallest absolute Gasteiger partial charge is 0.410 e. The third kappa shape index (κ3) is 4.36. The average Bonchev–Trinajstić information content (AvgIpc) is 2.91. The summed E-state index contributed by atoms with van der Waals surface area (Å²) in [5.41, 5.74) is -0.918. The number of benzene rings is 1. The molecule has 2 aliphatic heterocycles. The minimum Gasteiger partial charge on any atom is -0.410 e. The highest BCUT2D eigenvalue weighted by molar-refractivity contribution is 5.79. The fraction of sp³-hybridized carbons (Fsp3) is 0.556. The SMILES string of the molecule is CC1CCC(=O)N1[C@@H]1CN(C(=O)Oc2ccc(C(F)(F)F)cc2)CC(F)(F)C1. The van der Waals surface area contributed by atoms with Crippen LogP contribution >= 0.6 is 0 Å². The molecule has 0 aromatic heterocycles. The highest BCUT2D eigenvalue weighted by Crippen LogP contribution is 2.34. The molecule has 0 aliphatic carbocycles. The van der Waals surface area contributed by atoms with E-state index >= 15 is 0 Å². The van der Waals surface area contributed by atoms with E-state index in [-0.39, 0.29) is 30.7 Å². The summed E-state index contributed by atoms with van der Waals surface area (Å²) in [5.74, 6) is -3.62. The number of likely N-dealkylation sites (tertiary alicyclic amines) is 2. The average molecular weight is 406 g/mol. The van der Waals surface area contributed by atoms with Crippen LogP contribution < -0.4 is 4.74 Å². The Hall–Kier alpha value is -2.39. The van der Waals surface area contributed by atoms with Gasteiger partial charge in [0.15, 0.2) is 0 Å². The fourth-order valence-corrected chi connectivity index (χ4v) is 3.68. The van der Waals surface area contributed by atoms with Gasteiger partial charge < -0.3 is 9.64 Å². The van der Waals surface area contributed by atoms with Gasteiger partial charge in [-0.15, -0.1) is 0 Å². The molecule has 2 atom stereocenters. The van der Waals surface area contributed by atoms with E-state index in [0.29, 0.717) is 6.42 Å². The third-order valence-corrected chi connectivity index (χ3v) is 4.96. The van der Waals surface area contributed by atoms with Crippen molar-refractivity contribution in [2.75, 3.05) is 13.1 Å². The van der Waals surface area contributed by atoms with Gasteiger partial charge in [0.2, 0.25) is 5.91 Å². The first-order chi connectivity index (χ1) is 13.0. The van der Waals surface area contributed by atoms with Crippen molar-refractivity contribution in [3.05, 3.63) is 29.8 Å². The second kappa shape index (κ2) is 7.21. The summed E-state index contributed by atoms with van der Waals surface area (Å²) >= 11 is 0. The molecule has 1 unspecified atom stereocenters. The molecule has 0 radical (unpaired) electrons. The number of hydrogen-bond donors (Lipinski definition) is 0. The maximum atomic E-state index is 14.2. The molecule has 0 N–H and O–H groups in total. The number of alkyl halides is 5. The first-order valence-electron chi connectivity index (χ1n) is 8.79. The number of piperidine rings is 1. The van der Waals surface area contributed by atoms with E-state index < -0.39 is 42.8 Å². The maximum absolute atomic E-state index is 14.2. The summed E-state index contributed by atoms with van der Waals surface area (Å²) < 4.78 is 71.1. The predicted molar refractivity (Wildman–Crippen MR) is 87.9 cm³/mol. The molecule has 0 saturated carbocycles. The quantitative estimate of drug-likeness (QED) is 0.700. The van der Waals surface area contributed by atoms with E-state index in [2.05, 4.69) is 0 Å². The van der Waals surface area contributed by atoms with Crippen molar-refractivity contribution >= 4 is 12.0 Å². The van der Waals surface area contributed by atoms with Crippen molar-refractivity contribution in [1.29, 1.82) is 0 Å². The Labute approximate surface area is 158 Å². The Bertz CT molecular complexity index is 751. The number of nitrogens with zero attached hydrogens (tertiary/aromatic N) is 2. The lowest BCUT2D eigenvalue weighted by atomic mass is 10.0. The van der Waals surface area contributed by atoms with E-state index in [9.17, 15) is 31.5 Å². The van der Waals surface area contributed by atoms with Gasteiger partial charge >= 0.3 is 12.3 Å². The second-order valence-electron chi connectivity index (χ2n) is 7.17. The second-order valence-corrected chi connectivity index (χ2v) is 7.17. The van der Waals surface area contributed by atoms with Crippen LogP contribution in [0.1, 0.15) is 31.7 Å². The van der Waals surface area contributed by atoms with Crippen molar-refractivity contribution in [2.24, 2.45) is 0 Å². The molecule has 3 rings (SSSR count). The molecule has 2 amide bonds. The minimum absolute atomic E-state index is 0.120. The van der Waals surface area contributed by atoms with Crippen molar-refractivity contribution in [2.45, 2.75) is 50.4 Å². The number of carbonyl (C=O) groups excluding carboxylic acids is 2. The summed E-state index contributed by atoms with van der Waals surface area (Å²) in [7, 11) is 0. The van der Waals surface area contributed by atoms with Gasteiger partial charge in [-0.05, 0) is 37.6 Å². The van der Waals surface area contributed by atoms with Gasteiger partial charge in [-0.1, -0.05) is 0 Å². The third-order valence-electron chi connectivity index (χ3n) is 4.96. The van der Waals surface area contributed by atoms with E-state index in [4.69, 9.17) is 4.74 Å². The molecule has 5 nitrogen and oxygen atoms in total. The van der Waals surface area contributed by atoms with Crippen molar-refractivity contribution < 1.29 is 36.3 Å². The van der Waals surface area contributed by atoms with Crippen LogP contribution in [0.25, 0.3) is 0 Å². The molecule has 10 heteroatoms. The zero-order chi connectivity index (χ0) is 20.7. The Morgan fingerprint density at radius 3 is 2.39 bits per heavy atom. The monoisotopic (exact) mass is 406 g/mol. The number of carbonyl (C=O) groups is 2. The van der Waals surface area contributed by atoms with Gasteiger partial charge in [-0.25, -0.2) is 13.6 Å². The molecule has 2 fully saturated rings. The lowest BCUT2D eigenvalue weighted by Crippen LogP contribution is -2.58. The zero-order valence-electron chi connectivity index (χ0n) is 15.0. The highest BCUT2D eigenvalue weighted by Gasteiger charge is 2.47. The van der Waals surface area contributed by atoms with Gasteiger partial charge in [-0.2, -0.15) is 13.2 Å². The fourth-order valence-electron chi connectivity index (χ4n) is 3.68. The number of ether oxygens (including phenoxy) is 1. The van der Waals surface area contributed by atoms with Crippen molar-refractivity contribution in [3.63, 3.8) is 0 Å². The molecule has 154 valence electrons. The number of hydrogen-bond acceptors (Lipinski definition) is 3. The van der Waals surface area contributed by atoms with Crippen LogP contribution in [0, 0.1) is 0 Å². The van der Waals surface area contributed by atoms with Crippen LogP contribution in [-0.4, -0.2) is 52.9 Å². The largest absolute Gasteiger partial charge is 0.416 e. The van der Waals surface area contributed by atoms with E-state index in [1.165, 1.54) is 4.90 Å². The van der Waals surface area contributed by atoms with Crippen LogP contribution in [0.5, 0.6) is 5.75 Å². The van der Waals surface area contributed by atoms with Crippen LogP contribution in [0.3, 0.4) is 0 Å². The summed E-state index contributed by atoms with van der Waals surface area (Å²) in [6.07, 6.45) is -5.34. The molecule has 2 saturated heterocycles. The Kier molecular flexibility index (Phi) is 5.24. The molecule has 1 aromatic carbocycles. The molecule has 2 heterocycles. The number of amides is 2. The van der Waals surface area contributed by atoms with Crippen LogP contribution in [0.15, 0.2) is 24.3 Å². The van der Waals surface area contributed by atoms with E-state index in [0.717, 1.165) is 29.2 Å². The van der Waals surface area contributed by atoms with Gasteiger partial charge in [0.1, 0.15) is 5.75 Å². The van der Waals surface area contributed by atoms with Gasteiger partial charge in [-0.3, -0.25) is 9.69 Å². The Morgan fingerprint density at radius 1 is 1.21 bits per heavy atom. The van der Waals surface area contributed by atoms with Crippen LogP contribution in [0.4, 0.5) is 26.7 Å². The summed E-state index contributed by atoms with van der Waals surface area (Å²) in [6, 6.07) is 2.34. The molecular formula is C18H19F5N2O3. The van der Waals surface area contributed by atoms with E-state index in [1.54, 1.807) is 6.92 Å². The minimum atomic E-state index is -4.54. The van der Waals surface area contributed by atoms with Crippen molar-refractivity contribution in [1.82, 2.24) is 9.80 Å². The maximum Gasteiger partial charge on any atom is 0.416 e. The lowest BCUT2D eigenvalue weighted by molar-refractivity contribution is -0.138. The molecular weight excluding hydrogens is 387 g/mol. The highest BCUT2D eigenvalue weighted by atomic mass is 19.4. The summed E-state index contributed by atoms with van der Waals surface area (Å²) in [5, 5.41) is 0. The number of halogens is 5. The van der Waals surface area contributed by atoms with Gasteiger partial charge in [0.25, 0.3) is 5.92 Å². The lowest BCUT2D eigenvalue weighted by Gasteiger charge is -2.42. The zero-order valence-corrected chi connectivity index (χ0v) is 15.0. The first kappa shape index (κ1) is 20.3. The number of rotatable bonds is 2. The molecule has 2 aliphatic rings. The van der Waals surface area contributed by atoms with Crippen molar-refractivity contribution in [3.8, 4) is 5.75 Å². The Morgan fingerprint density at radius 2 is 1.86 bits per heavy atom. The first-order valence-corrected chi connectivity index (χ1v) is 8.79. The van der Waals surface area contributed by atoms with Gasteiger partial charge in [0.05, 0.1) is 18.2 Å². The van der Waals surface area contributed by atoms with Crippen LogP contribution in [-0.2, 0) is 11.0 Å². The standard InChI is InChI=1S/C18H19F5N2O3/c1-11-2-7-15(26)25(11)13-8-17(19,20)10-24(9-13)16(27)28-14-5-3-12(4-6-14)18(21,22)23/h3-6,11,13H,2,7-10H2,1H3/t11?,13-/m0/s1. The van der Waals surface area contributed by atoms with Crippen LogP contribution in [0.2, 0.25) is 0 Å².